The van der Waals surface area contributed by atoms with Crippen molar-refractivity contribution >= 4 is 0 Å². The van der Waals surface area contributed by atoms with Gasteiger partial charge in [0.25, 0.3) is 0 Å². The molecule has 2 nitrogen and oxygen atoms in total. The van der Waals surface area contributed by atoms with Gasteiger partial charge in [0.05, 0.1) is 11.7 Å². The minimum atomic E-state index is -4.33. The van der Waals surface area contributed by atoms with Crippen LogP contribution in [0.3, 0.4) is 0 Å². The third-order valence-electron chi connectivity index (χ3n) is 3.88. The van der Waals surface area contributed by atoms with Crippen LogP contribution in [0.25, 0.3) is 11.1 Å². The molecule has 0 spiro atoms. The number of aromatic nitrogens is 1. The van der Waals surface area contributed by atoms with E-state index in [-0.39, 0.29) is 0 Å². The highest BCUT2D eigenvalue weighted by Gasteiger charge is 2.30. The van der Waals surface area contributed by atoms with E-state index in [1.165, 1.54) is 12.1 Å². The van der Waals surface area contributed by atoms with Gasteiger partial charge in [-0.25, -0.2) is 0 Å². The Morgan fingerprint density at radius 1 is 1.10 bits per heavy atom. The molecule has 21 heavy (non-hydrogen) atoms. The maximum absolute atomic E-state index is 12.6. The average Bonchev–Trinajstić information content (AvgIpc) is 2.46. The Morgan fingerprint density at radius 2 is 1.81 bits per heavy atom. The van der Waals surface area contributed by atoms with Gasteiger partial charge in [0.15, 0.2) is 0 Å². The number of pyridine rings is 1. The molecule has 1 aliphatic rings. The number of benzene rings is 1. The van der Waals surface area contributed by atoms with Crippen LogP contribution < -0.4 is 0 Å². The van der Waals surface area contributed by atoms with Gasteiger partial charge >= 0.3 is 6.18 Å². The monoisotopic (exact) mass is 293 g/mol. The Bertz CT molecular complexity index is 650. The molecule has 5 heteroatoms. The Hall–Kier alpha value is -1.88. The lowest BCUT2D eigenvalue weighted by atomic mass is 9.86. The largest absolute Gasteiger partial charge is 0.416 e. The molecule has 1 aliphatic carbocycles. The molecule has 0 radical (unpaired) electrons. The highest BCUT2D eigenvalue weighted by Crippen LogP contribution is 2.36. The highest BCUT2D eigenvalue weighted by molar-refractivity contribution is 5.68. The van der Waals surface area contributed by atoms with Crippen molar-refractivity contribution in [1.82, 2.24) is 4.98 Å². The second-order valence-electron chi connectivity index (χ2n) is 5.24. The van der Waals surface area contributed by atoms with E-state index in [0.717, 1.165) is 41.7 Å². The Morgan fingerprint density at radius 3 is 2.48 bits per heavy atom. The van der Waals surface area contributed by atoms with Gasteiger partial charge in [-0.1, -0.05) is 12.1 Å². The first kappa shape index (κ1) is 14.1. The summed E-state index contributed by atoms with van der Waals surface area (Å²) < 4.78 is 37.8. The fourth-order valence-electron chi connectivity index (χ4n) is 2.78. The van der Waals surface area contributed by atoms with Crippen LogP contribution >= 0.6 is 0 Å². The van der Waals surface area contributed by atoms with Gasteiger partial charge in [0.1, 0.15) is 0 Å². The SMILES string of the molecule is O[C@@H]1CCCc2c(-c3ccc(C(F)(F)F)cc3)cncc21. The van der Waals surface area contributed by atoms with E-state index in [1.807, 2.05) is 0 Å². The first-order valence-electron chi connectivity index (χ1n) is 6.79. The van der Waals surface area contributed by atoms with Crippen LogP contribution in [-0.2, 0) is 12.6 Å². The van der Waals surface area contributed by atoms with Gasteiger partial charge < -0.3 is 5.11 Å². The molecule has 0 bridgehead atoms. The molecule has 1 atom stereocenters. The number of aliphatic hydroxyl groups excluding tert-OH is 1. The first-order chi connectivity index (χ1) is 9.97. The number of hydrogen-bond acceptors (Lipinski definition) is 2. The fraction of sp³-hybridized carbons (Fsp3) is 0.312. The lowest BCUT2D eigenvalue weighted by Gasteiger charge is -2.23. The molecular formula is C16H14F3NO. The summed E-state index contributed by atoms with van der Waals surface area (Å²) in [5, 5.41) is 9.99. The zero-order valence-electron chi connectivity index (χ0n) is 11.2. The lowest BCUT2D eigenvalue weighted by Crippen LogP contribution is -2.11. The summed E-state index contributed by atoms with van der Waals surface area (Å²) in [5.74, 6) is 0. The van der Waals surface area contributed by atoms with Crippen molar-refractivity contribution < 1.29 is 18.3 Å². The summed E-state index contributed by atoms with van der Waals surface area (Å²) in [6.45, 7) is 0. The van der Waals surface area contributed by atoms with Crippen molar-refractivity contribution in [1.29, 1.82) is 0 Å². The van der Waals surface area contributed by atoms with E-state index in [1.54, 1.807) is 12.4 Å². The predicted octanol–water partition coefficient (Wildman–Crippen LogP) is 4.14. The predicted molar refractivity (Wildman–Crippen MR) is 72.6 cm³/mol. The molecule has 0 fully saturated rings. The Labute approximate surface area is 120 Å². The van der Waals surface area contributed by atoms with Crippen molar-refractivity contribution in [2.45, 2.75) is 31.5 Å². The van der Waals surface area contributed by atoms with Crippen LogP contribution in [0.4, 0.5) is 13.2 Å². The molecular weight excluding hydrogens is 279 g/mol. The maximum Gasteiger partial charge on any atom is 0.416 e. The molecule has 1 aromatic carbocycles. The van der Waals surface area contributed by atoms with Crippen LogP contribution in [-0.4, -0.2) is 10.1 Å². The number of rotatable bonds is 1. The van der Waals surface area contributed by atoms with Gasteiger partial charge in [-0.3, -0.25) is 4.98 Å². The topological polar surface area (TPSA) is 33.1 Å². The third-order valence-corrected chi connectivity index (χ3v) is 3.88. The summed E-state index contributed by atoms with van der Waals surface area (Å²) >= 11 is 0. The van der Waals surface area contributed by atoms with Gasteiger partial charge in [0.2, 0.25) is 0 Å². The minimum Gasteiger partial charge on any atom is -0.388 e. The van der Waals surface area contributed by atoms with Crippen molar-refractivity contribution in [3.63, 3.8) is 0 Å². The van der Waals surface area contributed by atoms with Crippen LogP contribution in [0.2, 0.25) is 0 Å². The summed E-state index contributed by atoms with van der Waals surface area (Å²) in [4.78, 5) is 4.11. The number of hydrogen-bond donors (Lipinski definition) is 1. The molecule has 0 aliphatic heterocycles. The van der Waals surface area contributed by atoms with Crippen molar-refractivity contribution in [2.75, 3.05) is 0 Å². The molecule has 2 aromatic rings. The van der Waals surface area contributed by atoms with Gasteiger partial charge in [0, 0.05) is 23.5 Å². The molecule has 0 unspecified atom stereocenters. The highest BCUT2D eigenvalue weighted by atomic mass is 19.4. The van der Waals surface area contributed by atoms with Crippen LogP contribution in [0.5, 0.6) is 0 Å². The summed E-state index contributed by atoms with van der Waals surface area (Å²) in [7, 11) is 0. The van der Waals surface area contributed by atoms with E-state index in [0.29, 0.717) is 12.0 Å². The molecule has 0 saturated carbocycles. The summed E-state index contributed by atoms with van der Waals surface area (Å²) in [6.07, 6.45) is 0.813. The molecule has 1 aromatic heterocycles. The summed E-state index contributed by atoms with van der Waals surface area (Å²) in [6, 6.07) is 5.07. The average molecular weight is 293 g/mol. The Kier molecular flexibility index (Phi) is 3.45. The van der Waals surface area contributed by atoms with Crippen LogP contribution in [0.1, 0.15) is 35.6 Å². The van der Waals surface area contributed by atoms with Crippen LogP contribution in [0, 0.1) is 0 Å². The van der Waals surface area contributed by atoms with Gasteiger partial charge in [-0.05, 0) is 42.5 Å². The number of nitrogens with zero attached hydrogens (tertiary/aromatic N) is 1. The van der Waals surface area contributed by atoms with Gasteiger partial charge in [-0.2, -0.15) is 13.2 Å². The summed E-state index contributed by atoms with van der Waals surface area (Å²) in [5.41, 5.74) is 2.62. The van der Waals surface area contributed by atoms with Crippen molar-refractivity contribution in [2.24, 2.45) is 0 Å². The van der Waals surface area contributed by atoms with Gasteiger partial charge in [-0.15, -0.1) is 0 Å². The maximum atomic E-state index is 12.6. The van der Waals surface area contributed by atoms with E-state index in [4.69, 9.17) is 0 Å². The molecule has 110 valence electrons. The normalized spacial score (nSPS) is 18.4. The number of alkyl halides is 3. The zero-order chi connectivity index (χ0) is 15.0. The Balaban J connectivity index is 2.03. The second kappa shape index (κ2) is 5.15. The molecule has 1 N–H and O–H groups in total. The van der Waals surface area contributed by atoms with Crippen LogP contribution in [0.15, 0.2) is 36.7 Å². The zero-order valence-corrected chi connectivity index (χ0v) is 11.2. The molecule has 1 heterocycles. The number of halogens is 3. The van der Waals surface area contributed by atoms with E-state index in [9.17, 15) is 18.3 Å². The smallest absolute Gasteiger partial charge is 0.388 e. The number of aliphatic hydroxyl groups is 1. The molecule has 0 saturated heterocycles. The van der Waals surface area contributed by atoms with E-state index < -0.39 is 17.8 Å². The second-order valence-corrected chi connectivity index (χ2v) is 5.24. The van der Waals surface area contributed by atoms with E-state index >= 15 is 0 Å². The minimum absolute atomic E-state index is 0.532. The fourth-order valence-corrected chi connectivity index (χ4v) is 2.78. The third kappa shape index (κ3) is 2.65. The molecule has 0 amide bonds. The van der Waals surface area contributed by atoms with Crippen molar-refractivity contribution in [3.05, 3.63) is 53.3 Å². The van der Waals surface area contributed by atoms with E-state index in [2.05, 4.69) is 4.98 Å². The first-order valence-corrected chi connectivity index (χ1v) is 6.79. The quantitative estimate of drug-likeness (QED) is 0.857. The number of fused-ring (bicyclic) bond motifs is 1. The lowest BCUT2D eigenvalue weighted by molar-refractivity contribution is -0.137. The van der Waals surface area contributed by atoms with Crippen molar-refractivity contribution in [3.8, 4) is 11.1 Å². The standard InChI is InChI=1S/C16H14F3NO/c17-16(18,19)11-6-4-10(5-7-11)13-8-20-9-14-12(13)2-1-3-15(14)21/h4-9,15,21H,1-3H2/t15-/m1/s1. The molecule has 3 rings (SSSR count).